The number of halogens is 1. The molecular formula is C14H17ClN2O3. The first-order valence-corrected chi connectivity index (χ1v) is 7.14. The molecule has 1 fully saturated rings. The molecule has 108 valence electrons. The van der Waals surface area contributed by atoms with Crippen LogP contribution in [0, 0.1) is 10.1 Å². The first-order chi connectivity index (χ1) is 9.52. The van der Waals surface area contributed by atoms with Gasteiger partial charge in [-0.2, -0.15) is 0 Å². The highest BCUT2D eigenvalue weighted by Crippen LogP contribution is 2.30. The van der Waals surface area contributed by atoms with Crippen LogP contribution in [0.4, 0.5) is 5.69 Å². The van der Waals surface area contributed by atoms with Crippen molar-refractivity contribution in [2.24, 2.45) is 0 Å². The number of carbonyl (C=O) groups is 1. The lowest BCUT2D eigenvalue weighted by atomic mass is 10.1. The normalized spacial score (nSPS) is 19.5. The van der Waals surface area contributed by atoms with Crippen molar-refractivity contribution in [1.29, 1.82) is 0 Å². The number of nitro groups is 1. The van der Waals surface area contributed by atoms with Gasteiger partial charge in [-0.3, -0.25) is 14.9 Å². The zero-order valence-corrected chi connectivity index (χ0v) is 12.1. The molecule has 1 unspecified atom stereocenters. The fourth-order valence-electron chi connectivity index (χ4n) is 2.56. The molecule has 0 N–H and O–H groups in total. The summed E-state index contributed by atoms with van der Waals surface area (Å²) in [4.78, 5) is 24.7. The van der Waals surface area contributed by atoms with Crippen LogP contribution in [0.1, 0.15) is 43.0 Å². The second-order valence-electron chi connectivity index (χ2n) is 5.09. The molecule has 1 atom stereocenters. The van der Waals surface area contributed by atoms with E-state index in [0.29, 0.717) is 6.54 Å². The molecule has 1 aromatic carbocycles. The van der Waals surface area contributed by atoms with Crippen molar-refractivity contribution in [3.8, 4) is 0 Å². The predicted octanol–water partition coefficient (Wildman–Crippen LogP) is 3.65. The van der Waals surface area contributed by atoms with Crippen LogP contribution >= 0.6 is 11.6 Å². The third-order valence-corrected chi connectivity index (χ3v) is 4.12. The van der Waals surface area contributed by atoms with E-state index in [9.17, 15) is 14.9 Å². The van der Waals surface area contributed by atoms with Gasteiger partial charge in [-0.15, -0.1) is 0 Å². The van der Waals surface area contributed by atoms with Crippen molar-refractivity contribution in [2.75, 3.05) is 6.54 Å². The molecule has 0 bridgehead atoms. The number of carbonyl (C=O) groups excluding carboxylic acids is 1. The van der Waals surface area contributed by atoms with Gasteiger partial charge >= 0.3 is 0 Å². The zero-order valence-electron chi connectivity index (χ0n) is 11.3. The van der Waals surface area contributed by atoms with Gasteiger partial charge < -0.3 is 4.90 Å². The number of hydrogen-bond donors (Lipinski definition) is 0. The fraction of sp³-hybridized carbons (Fsp3) is 0.500. The highest BCUT2D eigenvalue weighted by Gasteiger charge is 2.27. The van der Waals surface area contributed by atoms with E-state index in [4.69, 9.17) is 11.6 Å². The highest BCUT2D eigenvalue weighted by molar-refractivity contribution is 6.35. The van der Waals surface area contributed by atoms with Crippen LogP contribution in [0.3, 0.4) is 0 Å². The Morgan fingerprint density at radius 1 is 1.40 bits per heavy atom. The minimum absolute atomic E-state index is 0.0704. The van der Waals surface area contributed by atoms with Gasteiger partial charge in [0.1, 0.15) is 5.02 Å². The number of nitro benzene ring substituents is 1. The molecule has 1 aliphatic heterocycles. The largest absolute Gasteiger partial charge is 0.336 e. The summed E-state index contributed by atoms with van der Waals surface area (Å²) in [6.45, 7) is 2.69. The molecule has 1 amide bonds. The summed E-state index contributed by atoms with van der Waals surface area (Å²) >= 11 is 6.02. The molecule has 2 rings (SSSR count). The average Bonchev–Trinajstić information content (AvgIpc) is 2.62. The molecule has 5 nitrogen and oxygen atoms in total. The number of likely N-dealkylation sites (tertiary alicyclic amines) is 1. The van der Waals surface area contributed by atoms with Gasteiger partial charge in [0.15, 0.2) is 0 Å². The second kappa shape index (κ2) is 6.22. The lowest BCUT2D eigenvalue weighted by Gasteiger charge is -2.27. The summed E-state index contributed by atoms with van der Waals surface area (Å²) in [5.74, 6) is -0.215. The Labute approximate surface area is 122 Å². The maximum Gasteiger partial charge on any atom is 0.288 e. The molecule has 1 aliphatic rings. The Hall–Kier alpha value is -1.62. The third-order valence-electron chi connectivity index (χ3n) is 3.72. The van der Waals surface area contributed by atoms with Crippen LogP contribution in [-0.2, 0) is 0 Å². The summed E-state index contributed by atoms with van der Waals surface area (Å²) in [6, 6.07) is 4.50. The fourth-order valence-corrected chi connectivity index (χ4v) is 2.83. The van der Waals surface area contributed by atoms with E-state index in [-0.39, 0.29) is 28.2 Å². The van der Waals surface area contributed by atoms with Crippen LogP contribution in [0.15, 0.2) is 18.2 Å². The zero-order chi connectivity index (χ0) is 14.7. The average molecular weight is 297 g/mol. The topological polar surface area (TPSA) is 63.5 Å². The van der Waals surface area contributed by atoms with Crippen LogP contribution in [0.5, 0.6) is 0 Å². The maximum atomic E-state index is 12.6. The van der Waals surface area contributed by atoms with Crippen LogP contribution in [0.25, 0.3) is 0 Å². The standard InChI is InChI=1S/C14H17ClN2O3/c1-10-6-3-2-4-9-16(10)14(18)11-7-5-8-12(13(11)15)17(19)20/h5,7-8,10H,2-4,6,9H2,1H3. The van der Waals surface area contributed by atoms with Crippen molar-refractivity contribution >= 4 is 23.2 Å². The lowest BCUT2D eigenvalue weighted by molar-refractivity contribution is -0.384. The number of rotatable bonds is 2. The Bertz CT molecular complexity index is 533. The first kappa shape index (κ1) is 14.8. The van der Waals surface area contributed by atoms with Crippen molar-refractivity contribution < 1.29 is 9.72 Å². The molecule has 20 heavy (non-hydrogen) atoms. The molecule has 1 saturated heterocycles. The minimum atomic E-state index is -0.565. The monoisotopic (exact) mass is 296 g/mol. The van der Waals surface area contributed by atoms with E-state index in [1.807, 2.05) is 6.92 Å². The lowest BCUT2D eigenvalue weighted by Crippen LogP contribution is -2.38. The highest BCUT2D eigenvalue weighted by atomic mass is 35.5. The first-order valence-electron chi connectivity index (χ1n) is 6.76. The van der Waals surface area contributed by atoms with Crippen molar-refractivity contribution in [1.82, 2.24) is 4.90 Å². The van der Waals surface area contributed by atoms with Gasteiger partial charge in [0.25, 0.3) is 11.6 Å². The molecule has 0 aromatic heterocycles. The quantitative estimate of drug-likeness (QED) is 0.618. The Kier molecular flexibility index (Phi) is 4.60. The Morgan fingerprint density at radius 3 is 2.85 bits per heavy atom. The van der Waals surface area contributed by atoms with E-state index in [0.717, 1.165) is 25.7 Å². The summed E-state index contributed by atoms with van der Waals surface area (Å²) in [5.41, 5.74) is -0.00499. The molecular weight excluding hydrogens is 280 g/mol. The van der Waals surface area contributed by atoms with Gasteiger partial charge in [-0.05, 0) is 25.8 Å². The van der Waals surface area contributed by atoms with Crippen LogP contribution < -0.4 is 0 Å². The number of nitrogens with zero attached hydrogens (tertiary/aromatic N) is 2. The van der Waals surface area contributed by atoms with Crippen molar-refractivity contribution in [3.63, 3.8) is 0 Å². The number of benzene rings is 1. The Balaban J connectivity index is 2.33. The summed E-state index contributed by atoms with van der Waals surface area (Å²) in [7, 11) is 0. The molecule has 6 heteroatoms. The molecule has 1 heterocycles. The van der Waals surface area contributed by atoms with Gasteiger partial charge in [0, 0.05) is 18.7 Å². The predicted molar refractivity (Wildman–Crippen MR) is 77.1 cm³/mol. The molecule has 0 aliphatic carbocycles. The summed E-state index contributed by atoms with van der Waals surface area (Å²) < 4.78 is 0. The third kappa shape index (κ3) is 2.93. The van der Waals surface area contributed by atoms with Gasteiger partial charge in [-0.1, -0.05) is 30.5 Å². The van der Waals surface area contributed by atoms with Crippen LogP contribution in [-0.4, -0.2) is 28.3 Å². The molecule has 0 radical (unpaired) electrons. The van der Waals surface area contributed by atoms with Crippen molar-refractivity contribution in [3.05, 3.63) is 38.9 Å². The second-order valence-corrected chi connectivity index (χ2v) is 5.47. The number of amides is 1. The van der Waals surface area contributed by atoms with Gasteiger partial charge in [0.05, 0.1) is 10.5 Å². The van der Waals surface area contributed by atoms with E-state index >= 15 is 0 Å². The smallest absolute Gasteiger partial charge is 0.288 e. The van der Waals surface area contributed by atoms with E-state index < -0.39 is 4.92 Å². The van der Waals surface area contributed by atoms with Crippen molar-refractivity contribution in [2.45, 2.75) is 38.6 Å². The summed E-state index contributed by atoms with van der Waals surface area (Å²) in [6.07, 6.45) is 4.13. The molecule has 0 spiro atoms. The summed E-state index contributed by atoms with van der Waals surface area (Å²) in [5, 5.41) is 10.8. The Morgan fingerprint density at radius 2 is 2.15 bits per heavy atom. The van der Waals surface area contributed by atoms with Gasteiger partial charge in [0.2, 0.25) is 0 Å². The number of hydrogen-bond acceptors (Lipinski definition) is 3. The maximum absolute atomic E-state index is 12.6. The molecule has 0 saturated carbocycles. The van der Waals surface area contributed by atoms with E-state index in [1.165, 1.54) is 12.1 Å². The van der Waals surface area contributed by atoms with E-state index in [2.05, 4.69) is 0 Å². The minimum Gasteiger partial charge on any atom is -0.336 e. The molecule has 1 aromatic rings. The van der Waals surface area contributed by atoms with E-state index in [1.54, 1.807) is 11.0 Å². The van der Waals surface area contributed by atoms with Crippen LogP contribution in [0.2, 0.25) is 5.02 Å². The SMILES string of the molecule is CC1CCCCCN1C(=O)c1cccc([N+](=O)[O-])c1Cl. The van der Waals surface area contributed by atoms with Gasteiger partial charge in [-0.25, -0.2) is 0 Å².